The lowest BCUT2D eigenvalue weighted by molar-refractivity contribution is 0.0953. The van der Waals surface area contributed by atoms with Crippen molar-refractivity contribution in [2.24, 2.45) is 0 Å². The summed E-state index contributed by atoms with van der Waals surface area (Å²) in [5, 5.41) is 2.94. The van der Waals surface area contributed by atoms with E-state index in [1.165, 1.54) is 0 Å². The van der Waals surface area contributed by atoms with Crippen molar-refractivity contribution in [2.75, 3.05) is 20.6 Å². The Kier molecular flexibility index (Phi) is 6.22. The highest BCUT2D eigenvalue weighted by Crippen LogP contribution is 2.12. The Morgan fingerprint density at radius 3 is 2.50 bits per heavy atom. The van der Waals surface area contributed by atoms with Crippen LogP contribution in [0.3, 0.4) is 0 Å². The molecule has 2 rings (SSSR count). The normalized spacial score (nSPS) is 10.9. The average Bonchev–Trinajstić information content (AvgIpc) is 2.94. The predicted molar refractivity (Wildman–Crippen MR) is 87.8 cm³/mol. The summed E-state index contributed by atoms with van der Waals surface area (Å²) in [7, 11) is 4.05. The van der Waals surface area contributed by atoms with E-state index < -0.39 is 0 Å². The molecule has 22 heavy (non-hydrogen) atoms. The van der Waals surface area contributed by atoms with Gasteiger partial charge in [-0.2, -0.15) is 0 Å². The van der Waals surface area contributed by atoms with Gasteiger partial charge in [0.05, 0.1) is 6.54 Å². The third-order valence-electron chi connectivity index (χ3n) is 3.36. The SMILES string of the molecule is CN(C)Cc1ccc(CCCCNC(=O)c2ccccc2)o1. The standard InChI is InChI=1S/C18H24N2O2/c1-20(2)14-17-12-11-16(22-17)10-6-7-13-19-18(21)15-8-4-3-5-9-15/h3-5,8-9,11-12H,6-7,10,13-14H2,1-2H3,(H,19,21). The van der Waals surface area contributed by atoms with E-state index in [0.29, 0.717) is 12.1 Å². The Labute approximate surface area is 132 Å². The number of aryl methyl sites for hydroxylation is 1. The first-order valence-electron chi connectivity index (χ1n) is 7.71. The van der Waals surface area contributed by atoms with E-state index in [2.05, 4.69) is 10.2 Å². The minimum Gasteiger partial charge on any atom is -0.465 e. The second kappa shape index (κ2) is 8.39. The number of benzene rings is 1. The lowest BCUT2D eigenvalue weighted by Crippen LogP contribution is -2.24. The molecule has 4 heteroatoms. The Hall–Kier alpha value is -2.07. The van der Waals surface area contributed by atoms with Crippen molar-refractivity contribution >= 4 is 5.91 Å². The molecule has 0 bridgehead atoms. The fraction of sp³-hybridized carbons (Fsp3) is 0.389. The molecule has 4 nitrogen and oxygen atoms in total. The van der Waals surface area contributed by atoms with Crippen molar-refractivity contribution in [2.45, 2.75) is 25.8 Å². The summed E-state index contributed by atoms with van der Waals surface area (Å²) in [6.07, 6.45) is 2.86. The molecule has 0 atom stereocenters. The van der Waals surface area contributed by atoms with Gasteiger partial charge in [-0.25, -0.2) is 0 Å². The van der Waals surface area contributed by atoms with Gasteiger partial charge >= 0.3 is 0 Å². The molecule has 1 amide bonds. The van der Waals surface area contributed by atoms with E-state index in [-0.39, 0.29) is 5.91 Å². The fourth-order valence-corrected chi connectivity index (χ4v) is 2.27. The lowest BCUT2D eigenvalue weighted by Gasteiger charge is -2.06. The molecular formula is C18H24N2O2. The monoisotopic (exact) mass is 300 g/mol. The molecule has 0 radical (unpaired) electrons. The minimum absolute atomic E-state index is 0.00753. The van der Waals surface area contributed by atoms with Crippen LogP contribution in [0.25, 0.3) is 0 Å². The van der Waals surface area contributed by atoms with Crippen molar-refractivity contribution < 1.29 is 9.21 Å². The van der Waals surface area contributed by atoms with Gasteiger partial charge in [-0.05, 0) is 51.2 Å². The average molecular weight is 300 g/mol. The summed E-state index contributed by atoms with van der Waals surface area (Å²) < 4.78 is 5.76. The molecule has 118 valence electrons. The zero-order valence-electron chi connectivity index (χ0n) is 13.3. The minimum atomic E-state index is -0.00753. The highest BCUT2D eigenvalue weighted by atomic mass is 16.3. The summed E-state index contributed by atoms with van der Waals surface area (Å²) in [5.74, 6) is 2.01. The van der Waals surface area contributed by atoms with Crippen LogP contribution in [0.4, 0.5) is 0 Å². The maximum atomic E-state index is 11.8. The summed E-state index contributed by atoms with van der Waals surface area (Å²) >= 11 is 0. The van der Waals surface area contributed by atoms with Crippen molar-refractivity contribution in [1.82, 2.24) is 10.2 Å². The first kappa shape index (κ1) is 16.3. The number of furan rings is 1. The number of carbonyl (C=O) groups is 1. The van der Waals surface area contributed by atoms with Gasteiger partial charge in [0.2, 0.25) is 0 Å². The van der Waals surface area contributed by atoms with Gasteiger partial charge in [0.1, 0.15) is 11.5 Å². The number of carbonyl (C=O) groups excluding carboxylic acids is 1. The lowest BCUT2D eigenvalue weighted by atomic mass is 10.2. The second-order valence-corrected chi connectivity index (χ2v) is 5.68. The molecule has 0 unspecified atom stereocenters. The quantitative estimate of drug-likeness (QED) is 0.762. The van der Waals surface area contributed by atoms with Gasteiger partial charge in [0, 0.05) is 18.5 Å². The van der Waals surface area contributed by atoms with Crippen LogP contribution in [0.1, 0.15) is 34.7 Å². The van der Waals surface area contributed by atoms with Crippen molar-refractivity contribution in [1.29, 1.82) is 0 Å². The van der Waals surface area contributed by atoms with Crippen LogP contribution in [0.5, 0.6) is 0 Å². The molecule has 1 aromatic heterocycles. The molecule has 0 fully saturated rings. The molecule has 1 aromatic carbocycles. The second-order valence-electron chi connectivity index (χ2n) is 5.68. The third-order valence-corrected chi connectivity index (χ3v) is 3.36. The molecule has 0 aliphatic rings. The van der Waals surface area contributed by atoms with E-state index >= 15 is 0 Å². The number of hydrogen-bond acceptors (Lipinski definition) is 3. The number of nitrogens with one attached hydrogen (secondary N) is 1. The van der Waals surface area contributed by atoms with Crippen molar-refractivity contribution in [3.63, 3.8) is 0 Å². The van der Waals surface area contributed by atoms with Crippen molar-refractivity contribution in [3.8, 4) is 0 Å². The zero-order valence-corrected chi connectivity index (χ0v) is 13.3. The van der Waals surface area contributed by atoms with E-state index in [9.17, 15) is 4.79 Å². The van der Waals surface area contributed by atoms with Gasteiger partial charge in [0.25, 0.3) is 5.91 Å². The number of rotatable bonds is 8. The van der Waals surface area contributed by atoms with E-state index in [1.54, 1.807) is 0 Å². The molecule has 0 saturated heterocycles. The van der Waals surface area contributed by atoms with Crippen LogP contribution in [-0.2, 0) is 13.0 Å². The van der Waals surface area contributed by atoms with E-state index in [1.807, 2.05) is 56.6 Å². The topological polar surface area (TPSA) is 45.5 Å². The highest BCUT2D eigenvalue weighted by molar-refractivity contribution is 5.94. The van der Waals surface area contributed by atoms with Crippen LogP contribution in [0, 0.1) is 0 Å². The van der Waals surface area contributed by atoms with Gasteiger partial charge in [-0.1, -0.05) is 18.2 Å². The third kappa shape index (κ3) is 5.37. The van der Waals surface area contributed by atoms with E-state index in [0.717, 1.165) is 37.3 Å². The Morgan fingerprint density at radius 1 is 1.05 bits per heavy atom. The number of unbranched alkanes of at least 4 members (excludes halogenated alkanes) is 1. The largest absolute Gasteiger partial charge is 0.465 e. The zero-order chi connectivity index (χ0) is 15.8. The molecular weight excluding hydrogens is 276 g/mol. The van der Waals surface area contributed by atoms with Crippen LogP contribution in [0.2, 0.25) is 0 Å². The van der Waals surface area contributed by atoms with E-state index in [4.69, 9.17) is 4.42 Å². The molecule has 0 saturated carbocycles. The maximum Gasteiger partial charge on any atom is 0.251 e. The Bertz CT molecular complexity index is 576. The highest BCUT2D eigenvalue weighted by Gasteiger charge is 2.05. The smallest absolute Gasteiger partial charge is 0.251 e. The summed E-state index contributed by atoms with van der Waals surface area (Å²) in [4.78, 5) is 13.9. The molecule has 0 spiro atoms. The molecule has 2 aromatic rings. The number of amides is 1. The Morgan fingerprint density at radius 2 is 1.77 bits per heavy atom. The number of nitrogens with zero attached hydrogens (tertiary/aromatic N) is 1. The fourth-order valence-electron chi connectivity index (χ4n) is 2.27. The van der Waals surface area contributed by atoms with Crippen LogP contribution in [-0.4, -0.2) is 31.4 Å². The van der Waals surface area contributed by atoms with Crippen LogP contribution >= 0.6 is 0 Å². The van der Waals surface area contributed by atoms with Crippen molar-refractivity contribution in [3.05, 3.63) is 59.5 Å². The molecule has 1 heterocycles. The Balaban J connectivity index is 1.63. The van der Waals surface area contributed by atoms with Gasteiger partial charge < -0.3 is 14.6 Å². The van der Waals surface area contributed by atoms with Crippen LogP contribution < -0.4 is 5.32 Å². The summed E-state index contributed by atoms with van der Waals surface area (Å²) in [5.41, 5.74) is 0.710. The first-order valence-corrected chi connectivity index (χ1v) is 7.71. The summed E-state index contributed by atoms with van der Waals surface area (Å²) in [6, 6.07) is 13.4. The first-order chi connectivity index (χ1) is 10.6. The van der Waals surface area contributed by atoms with Crippen LogP contribution in [0.15, 0.2) is 46.9 Å². The maximum absolute atomic E-state index is 11.8. The summed E-state index contributed by atoms with van der Waals surface area (Å²) in [6.45, 7) is 1.52. The molecule has 0 aliphatic heterocycles. The predicted octanol–water partition coefficient (Wildman–Crippen LogP) is 3.09. The van der Waals surface area contributed by atoms with Gasteiger partial charge in [-0.15, -0.1) is 0 Å². The van der Waals surface area contributed by atoms with Gasteiger partial charge in [0.15, 0.2) is 0 Å². The molecule has 0 aliphatic carbocycles. The molecule has 1 N–H and O–H groups in total. The number of hydrogen-bond donors (Lipinski definition) is 1. The van der Waals surface area contributed by atoms with Gasteiger partial charge in [-0.3, -0.25) is 4.79 Å².